The smallest absolute Gasteiger partial charge is 0.142 e. The van der Waals surface area contributed by atoms with Crippen LogP contribution in [0.15, 0.2) is 61.2 Å². The van der Waals surface area contributed by atoms with Crippen LogP contribution in [0.5, 0.6) is 0 Å². The van der Waals surface area contributed by atoms with Gasteiger partial charge in [0.15, 0.2) is 0 Å². The molecule has 1 atom stereocenters. The molecule has 0 N–H and O–H groups in total. The number of hydrogen-bond acceptors (Lipinski definition) is 2. The number of hydrogen-bond donors (Lipinski definition) is 0. The highest BCUT2D eigenvalue weighted by Gasteiger charge is 2.13. The van der Waals surface area contributed by atoms with E-state index in [9.17, 15) is 0 Å². The maximum Gasteiger partial charge on any atom is 0.142 e. The molecule has 2 rings (SSSR count). The Labute approximate surface area is 181 Å². The molecular formula is C26H39O2P. The minimum absolute atomic E-state index is 0.130. The first-order chi connectivity index (χ1) is 13.8. The molecule has 0 saturated carbocycles. The molecule has 3 heteroatoms. The van der Waals surface area contributed by atoms with Crippen LogP contribution in [0.2, 0.25) is 0 Å². The van der Waals surface area contributed by atoms with E-state index in [1.54, 1.807) is 7.11 Å². The molecule has 0 saturated heterocycles. The number of benzene rings is 2. The highest BCUT2D eigenvalue weighted by molar-refractivity contribution is 7.18. The third-order valence-electron chi connectivity index (χ3n) is 4.08. The van der Waals surface area contributed by atoms with Gasteiger partial charge in [-0.1, -0.05) is 89.2 Å². The van der Waals surface area contributed by atoms with Gasteiger partial charge in [-0.2, -0.15) is 0 Å². The number of unbranched alkanes of at least 4 members (excludes halogenated alkanes) is 1. The SMILES string of the molecule is C=CC=O.CCC.COCCCCc1ccc(-c2ccc(C(C)(C)P)cc2)cc1. The van der Waals surface area contributed by atoms with Gasteiger partial charge in [0.05, 0.1) is 0 Å². The van der Waals surface area contributed by atoms with Crippen LogP contribution in [0.4, 0.5) is 0 Å². The van der Waals surface area contributed by atoms with Crippen molar-refractivity contribution in [3.63, 3.8) is 0 Å². The molecule has 0 amide bonds. The van der Waals surface area contributed by atoms with Gasteiger partial charge in [-0.05, 0) is 47.6 Å². The van der Waals surface area contributed by atoms with Crippen molar-refractivity contribution in [2.24, 2.45) is 0 Å². The van der Waals surface area contributed by atoms with Gasteiger partial charge in [-0.15, -0.1) is 9.24 Å². The molecule has 0 aliphatic carbocycles. The molecule has 0 fully saturated rings. The standard InChI is InChI=1S/C20H27OP.C3H4O.C3H8/c1-20(2,22)19-13-11-18(12-14-19)17-9-7-16(8-10-17)6-4-5-15-21-3;1-2-3-4;1-3-2/h7-14H,4-6,15,22H2,1-3H3;2-3H,1H2;3H2,1-2H3. The third-order valence-corrected chi connectivity index (χ3v) is 4.41. The maximum atomic E-state index is 9.06. The lowest BCUT2D eigenvalue weighted by molar-refractivity contribution is -0.104. The van der Waals surface area contributed by atoms with Crippen molar-refractivity contribution in [2.75, 3.05) is 13.7 Å². The Hall–Kier alpha value is -1.76. The summed E-state index contributed by atoms with van der Waals surface area (Å²) >= 11 is 0. The van der Waals surface area contributed by atoms with Crippen molar-refractivity contribution in [1.29, 1.82) is 0 Å². The summed E-state index contributed by atoms with van der Waals surface area (Å²) in [6.07, 6.45) is 6.53. The topological polar surface area (TPSA) is 26.3 Å². The molecule has 2 aromatic carbocycles. The van der Waals surface area contributed by atoms with Crippen molar-refractivity contribution in [3.8, 4) is 11.1 Å². The van der Waals surface area contributed by atoms with Crippen LogP contribution >= 0.6 is 9.24 Å². The number of aldehydes is 1. The molecule has 2 nitrogen and oxygen atoms in total. The second-order valence-corrected chi connectivity index (χ2v) is 8.97. The fourth-order valence-electron chi connectivity index (χ4n) is 2.53. The van der Waals surface area contributed by atoms with Crippen LogP contribution in [-0.4, -0.2) is 20.0 Å². The number of ether oxygens (including phenoxy) is 1. The fraction of sp³-hybridized carbons (Fsp3) is 0.423. The highest BCUT2D eigenvalue weighted by atomic mass is 31.0. The van der Waals surface area contributed by atoms with Gasteiger partial charge in [0.2, 0.25) is 0 Å². The predicted octanol–water partition coefficient (Wildman–Crippen LogP) is 7.22. The first kappa shape index (κ1) is 27.2. The Balaban J connectivity index is 0.000000975. The van der Waals surface area contributed by atoms with Crippen LogP contribution < -0.4 is 0 Å². The Bertz CT molecular complexity index is 661. The van der Waals surface area contributed by atoms with E-state index in [4.69, 9.17) is 9.53 Å². The molecular weight excluding hydrogens is 375 g/mol. The predicted molar refractivity (Wildman–Crippen MR) is 132 cm³/mol. The van der Waals surface area contributed by atoms with Gasteiger partial charge >= 0.3 is 0 Å². The summed E-state index contributed by atoms with van der Waals surface area (Å²) in [5.74, 6) is 0. The highest BCUT2D eigenvalue weighted by Crippen LogP contribution is 2.31. The number of methoxy groups -OCH3 is 1. The summed E-state index contributed by atoms with van der Waals surface area (Å²) < 4.78 is 5.09. The minimum atomic E-state index is 0.130. The van der Waals surface area contributed by atoms with Gasteiger partial charge in [0.1, 0.15) is 6.29 Å². The van der Waals surface area contributed by atoms with E-state index in [2.05, 4.69) is 92.0 Å². The average molecular weight is 415 g/mol. The molecule has 0 aliphatic rings. The lowest BCUT2D eigenvalue weighted by Crippen LogP contribution is -2.05. The van der Waals surface area contributed by atoms with Gasteiger partial charge in [-0.25, -0.2) is 0 Å². The summed E-state index contributed by atoms with van der Waals surface area (Å²) in [4.78, 5) is 9.06. The monoisotopic (exact) mass is 414 g/mol. The normalized spacial score (nSPS) is 10.1. The summed E-state index contributed by atoms with van der Waals surface area (Å²) in [7, 11) is 4.66. The van der Waals surface area contributed by atoms with Crippen LogP contribution in [0, 0.1) is 0 Å². The lowest BCUT2D eigenvalue weighted by Gasteiger charge is -2.19. The second-order valence-electron chi connectivity index (χ2n) is 7.52. The number of aryl methyl sites for hydroxylation is 1. The molecule has 0 aliphatic heterocycles. The maximum absolute atomic E-state index is 9.06. The Morgan fingerprint density at radius 2 is 1.41 bits per heavy atom. The van der Waals surface area contributed by atoms with Crippen molar-refractivity contribution in [2.45, 2.75) is 58.5 Å². The first-order valence-corrected chi connectivity index (χ1v) is 11.0. The molecule has 0 spiro atoms. The van der Waals surface area contributed by atoms with Crippen LogP contribution in [0.1, 0.15) is 58.1 Å². The van der Waals surface area contributed by atoms with E-state index < -0.39 is 0 Å². The van der Waals surface area contributed by atoms with Crippen molar-refractivity contribution < 1.29 is 9.53 Å². The number of rotatable bonds is 8. The molecule has 160 valence electrons. The zero-order valence-electron chi connectivity index (χ0n) is 18.9. The Morgan fingerprint density at radius 1 is 0.966 bits per heavy atom. The summed E-state index contributed by atoms with van der Waals surface area (Å²) in [5, 5.41) is 0.130. The molecule has 1 unspecified atom stereocenters. The van der Waals surface area contributed by atoms with Gasteiger partial charge in [0, 0.05) is 18.9 Å². The lowest BCUT2D eigenvalue weighted by atomic mass is 9.97. The van der Waals surface area contributed by atoms with Gasteiger partial charge in [-0.3, -0.25) is 4.79 Å². The van der Waals surface area contributed by atoms with Gasteiger partial charge < -0.3 is 4.74 Å². The molecule has 2 aromatic rings. The second kappa shape index (κ2) is 16.1. The van der Waals surface area contributed by atoms with Crippen molar-refractivity contribution >= 4 is 15.5 Å². The first-order valence-electron chi connectivity index (χ1n) is 10.4. The third kappa shape index (κ3) is 12.4. The van der Waals surface area contributed by atoms with E-state index >= 15 is 0 Å². The minimum Gasteiger partial charge on any atom is -0.385 e. The fourth-order valence-corrected chi connectivity index (χ4v) is 2.72. The summed E-state index contributed by atoms with van der Waals surface area (Å²) in [6.45, 7) is 12.6. The number of carbonyl (C=O) groups is 1. The summed E-state index contributed by atoms with van der Waals surface area (Å²) in [5.41, 5.74) is 5.32. The number of carbonyl (C=O) groups excluding carboxylic acids is 1. The Morgan fingerprint density at radius 3 is 1.79 bits per heavy atom. The van der Waals surface area contributed by atoms with E-state index in [0.29, 0.717) is 6.29 Å². The average Bonchev–Trinajstić information content (AvgIpc) is 2.72. The van der Waals surface area contributed by atoms with Crippen molar-refractivity contribution in [1.82, 2.24) is 0 Å². The van der Waals surface area contributed by atoms with Crippen LogP contribution in [0.3, 0.4) is 0 Å². The molecule has 0 aromatic heterocycles. The van der Waals surface area contributed by atoms with E-state index in [1.165, 1.54) is 41.2 Å². The zero-order valence-corrected chi connectivity index (χ0v) is 20.1. The quantitative estimate of drug-likeness (QED) is 0.197. The summed E-state index contributed by atoms with van der Waals surface area (Å²) in [6, 6.07) is 17.8. The molecule has 0 heterocycles. The van der Waals surface area contributed by atoms with Crippen molar-refractivity contribution in [3.05, 3.63) is 72.3 Å². The van der Waals surface area contributed by atoms with E-state index in [0.717, 1.165) is 19.4 Å². The van der Waals surface area contributed by atoms with Crippen LogP contribution in [0.25, 0.3) is 11.1 Å². The van der Waals surface area contributed by atoms with E-state index in [1.807, 2.05) is 0 Å². The zero-order chi connectivity index (χ0) is 22.1. The van der Waals surface area contributed by atoms with Crippen LogP contribution in [-0.2, 0) is 21.1 Å². The van der Waals surface area contributed by atoms with E-state index in [-0.39, 0.29) is 5.16 Å². The molecule has 29 heavy (non-hydrogen) atoms. The molecule has 0 bridgehead atoms. The molecule has 0 radical (unpaired) electrons. The van der Waals surface area contributed by atoms with Gasteiger partial charge in [0.25, 0.3) is 0 Å². The number of allylic oxidation sites excluding steroid dienone is 1. The Kier molecular flexibility index (Phi) is 15.1. The largest absolute Gasteiger partial charge is 0.385 e.